The quantitative estimate of drug-likeness (QED) is 0.671. The minimum Gasteiger partial charge on any atom is -0.435 e. The van der Waals surface area contributed by atoms with Crippen molar-refractivity contribution in [3.05, 3.63) is 35.7 Å². The van der Waals surface area contributed by atoms with E-state index in [0.29, 0.717) is 5.89 Å². The molecule has 1 saturated heterocycles. The number of thiophene rings is 1. The Kier molecular flexibility index (Phi) is 3.20. The zero-order valence-electron chi connectivity index (χ0n) is 13.6. The Morgan fingerprint density at radius 3 is 2.43 bits per heavy atom. The smallest absolute Gasteiger partial charge is 0.435 e. The Labute approximate surface area is 139 Å². The third-order valence-electron chi connectivity index (χ3n) is 4.67. The van der Waals surface area contributed by atoms with E-state index >= 15 is 0 Å². The van der Waals surface area contributed by atoms with Crippen molar-refractivity contribution >= 4 is 35.0 Å². The highest BCUT2D eigenvalue weighted by Crippen LogP contribution is 2.36. The van der Waals surface area contributed by atoms with Crippen LogP contribution in [0.3, 0.4) is 0 Å². The van der Waals surface area contributed by atoms with Crippen LogP contribution in [0.1, 0.15) is 27.7 Å². The van der Waals surface area contributed by atoms with Crippen LogP contribution < -0.4 is 5.46 Å². The summed E-state index contributed by atoms with van der Waals surface area (Å²) in [6.07, 6.45) is 0. The molecule has 0 saturated carbocycles. The number of fused-ring (bicyclic) bond motifs is 1. The number of hydrogen-bond donors (Lipinski definition) is 0. The highest BCUT2D eigenvalue weighted by Gasteiger charge is 2.51. The Morgan fingerprint density at radius 1 is 1.04 bits per heavy atom. The molecule has 118 valence electrons. The molecule has 0 atom stereocenters. The molecule has 1 aromatic carbocycles. The van der Waals surface area contributed by atoms with Crippen molar-refractivity contribution < 1.29 is 13.7 Å². The second-order valence-corrected chi connectivity index (χ2v) is 7.76. The summed E-state index contributed by atoms with van der Waals surface area (Å²) in [5.74, 6) is 0.654. The third kappa shape index (κ3) is 2.41. The van der Waals surface area contributed by atoms with Gasteiger partial charge in [0.15, 0.2) is 5.58 Å². The monoisotopic (exact) mass is 327 g/mol. The lowest BCUT2D eigenvalue weighted by Crippen LogP contribution is -2.41. The van der Waals surface area contributed by atoms with Crippen LogP contribution in [-0.2, 0) is 9.31 Å². The number of benzene rings is 1. The van der Waals surface area contributed by atoms with Crippen molar-refractivity contribution in [1.29, 1.82) is 0 Å². The lowest BCUT2D eigenvalue weighted by Gasteiger charge is -2.32. The highest BCUT2D eigenvalue weighted by molar-refractivity contribution is 7.13. The predicted molar refractivity (Wildman–Crippen MR) is 93.0 cm³/mol. The summed E-state index contributed by atoms with van der Waals surface area (Å²) in [6.45, 7) is 8.20. The topological polar surface area (TPSA) is 44.5 Å². The summed E-state index contributed by atoms with van der Waals surface area (Å²) in [7, 11) is -0.389. The highest BCUT2D eigenvalue weighted by atomic mass is 32.1. The van der Waals surface area contributed by atoms with Gasteiger partial charge in [0.1, 0.15) is 5.52 Å². The van der Waals surface area contributed by atoms with E-state index in [0.717, 1.165) is 21.4 Å². The summed E-state index contributed by atoms with van der Waals surface area (Å²) in [5.41, 5.74) is 1.84. The first kappa shape index (κ1) is 14.9. The molecule has 0 N–H and O–H groups in total. The summed E-state index contributed by atoms with van der Waals surface area (Å²) >= 11 is 1.61. The average Bonchev–Trinajstić information content (AvgIpc) is 3.17. The summed E-state index contributed by atoms with van der Waals surface area (Å²) < 4.78 is 18.1. The Balaban J connectivity index is 1.70. The first-order valence-corrected chi connectivity index (χ1v) is 8.54. The second-order valence-electron chi connectivity index (χ2n) is 6.81. The van der Waals surface area contributed by atoms with E-state index in [1.54, 1.807) is 11.3 Å². The molecule has 0 bridgehead atoms. The maximum Gasteiger partial charge on any atom is 0.494 e. The van der Waals surface area contributed by atoms with Crippen LogP contribution in [-0.4, -0.2) is 23.3 Å². The summed E-state index contributed by atoms with van der Waals surface area (Å²) in [4.78, 5) is 5.57. The molecule has 0 aliphatic carbocycles. The largest absolute Gasteiger partial charge is 0.494 e. The first-order valence-electron chi connectivity index (χ1n) is 7.66. The van der Waals surface area contributed by atoms with E-state index in [-0.39, 0.29) is 18.3 Å². The zero-order chi connectivity index (χ0) is 16.2. The predicted octanol–water partition coefficient (Wildman–Crippen LogP) is 3.86. The van der Waals surface area contributed by atoms with Gasteiger partial charge < -0.3 is 13.7 Å². The fourth-order valence-electron chi connectivity index (χ4n) is 2.57. The molecule has 0 amide bonds. The van der Waals surface area contributed by atoms with E-state index in [1.807, 2.05) is 35.7 Å². The molecule has 23 heavy (non-hydrogen) atoms. The third-order valence-corrected chi connectivity index (χ3v) is 5.53. The van der Waals surface area contributed by atoms with Crippen molar-refractivity contribution in [3.8, 4) is 10.8 Å². The Hall–Kier alpha value is -1.63. The zero-order valence-corrected chi connectivity index (χ0v) is 14.4. The van der Waals surface area contributed by atoms with Gasteiger partial charge in [-0.25, -0.2) is 4.98 Å². The second kappa shape index (κ2) is 4.93. The molecule has 3 aromatic rings. The van der Waals surface area contributed by atoms with Gasteiger partial charge in [-0.15, -0.1) is 11.3 Å². The van der Waals surface area contributed by atoms with Crippen molar-refractivity contribution in [2.24, 2.45) is 0 Å². The molecule has 4 nitrogen and oxygen atoms in total. The number of oxazole rings is 1. The normalized spacial score (nSPS) is 19.6. The van der Waals surface area contributed by atoms with Gasteiger partial charge in [0, 0.05) is 0 Å². The van der Waals surface area contributed by atoms with Crippen LogP contribution in [0, 0.1) is 0 Å². The standard InChI is InChI=1S/C17H18BNO3S/c1-16(2)17(3,4)22-18(21-16)11-7-8-12-13(10-11)20-15(19-12)14-6-5-9-23-14/h5-10H,1-4H3. The summed E-state index contributed by atoms with van der Waals surface area (Å²) in [6, 6.07) is 9.90. The molecule has 0 spiro atoms. The number of rotatable bonds is 2. The van der Waals surface area contributed by atoms with Gasteiger partial charge in [-0.2, -0.15) is 0 Å². The number of nitrogens with zero attached hydrogens (tertiary/aromatic N) is 1. The van der Waals surface area contributed by atoms with E-state index in [9.17, 15) is 0 Å². The van der Waals surface area contributed by atoms with E-state index in [2.05, 4.69) is 32.7 Å². The van der Waals surface area contributed by atoms with Gasteiger partial charge >= 0.3 is 7.12 Å². The van der Waals surface area contributed by atoms with Crippen molar-refractivity contribution in [1.82, 2.24) is 4.98 Å². The fraction of sp³-hybridized carbons (Fsp3) is 0.353. The van der Waals surface area contributed by atoms with E-state index < -0.39 is 0 Å². The molecule has 0 unspecified atom stereocenters. The fourth-order valence-corrected chi connectivity index (χ4v) is 3.22. The van der Waals surface area contributed by atoms with Crippen LogP contribution in [0.15, 0.2) is 40.1 Å². The molecular formula is C17H18BNO3S. The van der Waals surface area contributed by atoms with Crippen molar-refractivity contribution in [3.63, 3.8) is 0 Å². The van der Waals surface area contributed by atoms with Gasteiger partial charge in [0.25, 0.3) is 0 Å². The van der Waals surface area contributed by atoms with Gasteiger partial charge in [-0.1, -0.05) is 12.1 Å². The number of aromatic nitrogens is 1. The van der Waals surface area contributed by atoms with Crippen LogP contribution in [0.25, 0.3) is 21.9 Å². The number of hydrogen-bond acceptors (Lipinski definition) is 5. The molecule has 6 heteroatoms. The minimum atomic E-state index is -0.389. The van der Waals surface area contributed by atoms with Gasteiger partial charge in [0.2, 0.25) is 5.89 Å². The van der Waals surface area contributed by atoms with Crippen LogP contribution in [0.4, 0.5) is 0 Å². The van der Waals surface area contributed by atoms with Crippen LogP contribution in [0.5, 0.6) is 0 Å². The first-order chi connectivity index (χ1) is 10.9. The van der Waals surface area contributed by atoms with Gasteiger partial charge in [-0.05, 0) is 56.7 Å². The molecule has 4 rings (SSSR count). The van der Waals surface area contributed by atoms with E-state index in [4.69, 9.17) is 13.7 Å². The van der Waals surface area contributed by atoms with E-state index in [1.165, 1.54) is 0 Å². The van der Waals surface area contributed by atoms with Crippen molar-refractivity contribution in [2.45, 2.75) is 38.9 Å². The Morgan fingerprint density at radius 2 is 1.78 bits per heavy atom. The van der Waals surface area contributed by atoms with Gasteiger partial charge in [0.05, 0.1) is 16.1 Å². The van der Waals surface area contributed by atoms with Crippen LogP contribution >= 0.6 is 11.3 Å². The molecule has 1 aliphatic rings. The molecular weight excluding hydrogens is 309 g/mol. The maximum atomic E-state index is 6.10. The lowest BCUT2D eigenvalue weighted by molar-refractivity contribution is 0.00578. The van der Waals surface area contributed by atoms with Crippen molar-refractivity contribution in [2.75, 3.05) is 0 Å². The maximum absolute atomic E-state index is 6.10. The van der Waals surface area contributed by atoms with Gasteiger partial charge in [-0.3, -0.25) is 0 Å². The molecule has 1 aliphatic heterocycles. The SMILES string of the molecule is CC1(C)OB(c2ccc3nc(-c4cccs4)oc3c2)OC1(C)C. The molecule has 1 fully saturated rings. The molecule has 3 heterocycles. The molecule has 2 aromatic heterocycles. The molecule has 0 radical (unpaired) electrons. The Bertz CT molecular complexity index is 838. The average molecular weight is 327 g/mol. The summed E-state index contributed by atoms with van der Waals surface area (Å²) in [5, 5.41) is 2.01. The van der Waals surface area contributed by atoms with Crippen LogP contribution in [0.2, 0.25) is 0 Å². The minimum absolute atomic E-state index is 0.351. The lowest BCUT2D eigenvalue weighted by atomic mass is 9.79.